The third-order valence-electron chi connectivity index (χ3n) is 3.63. The number of hydrogen-bond donors (Lipinski definition) is 1. The van der Waals surface area contributed by atoms with E-state index in [-0.39, 0.29) is 16.0 Å². The van der Waals surface area contributed by atoms with Gasteiger partial charge in [0.05, 0.1) is 23.1 Å². The van der Waals surface area contributed by atoms with Crippen molar-refractivity contribution in [1.82, 2.24) is 4.72 Å². The molecule has 26 heavy (non-hydrogen) atoms. The van der Waals surface area contributed by atoms with Gasteiger partial charge in [-0.1, -0.05) is 12.1 Å². The lowest BCUT2D eigenvalue weighted by Gasteiger charge is -2.16. The van der Waals surface area contributed by atoms with Crippen molar-refractivity contribution in [1.29, 1.82) is 0 Å². The van der Waals surface area contributed by atoms with Crippen LogP contribution in [0, 0.1) is 0 Å². The second-order valence-corrected chi connectivity index (χ2v) is 7.20. The number of halogens is 3. The van der Waals surface area contributed by atoms with Crippen LogP contribution < -0.4 is 4.72 Å². The van der Waals surface area contributed by atoms with E-state index in [9.17, 15) is 26.4 Å². The maximum atomic E-state index is 12.8. The molecule has 2 rings (SSSR count). The van der Waals surface area contributed by atoms with Gasteiger partial charge in [-0.05, 0) is 48.9 Å². The average molecular weight is 387 g/mol. The first kappa shape index (κ1) is 19.9. The van der Waals surface area contributed by atoms with Gasteiger partial charge in [-0.15, -0.1) is 0 Å². The molecule has 0 bridgehead atoms. The Morgan fingerprint density at radius 1 is 1.12 bits per heavy atom. The Kier molecular flexibility index (Phi) is 5.72. The lowest BCUT2D eigenvalue weighted by molar-refractivity contribution is -0.137. The summed E-state index contributed by atoms with van der Waals surface area (Å²) in [5.41, 5.74) is -0.504. The molecule has 0 saturated heterocycles. The van der Waals surface area contributed by atoms with Crippen LogP contribution in [-0.4, -0.2) is 21.5 Å². The number of sulfonamides is 1. The molecule has 0 radical (unpaired) electrons. The van der Waals surface area contributed by atoms with Crippen LogP contribution in [0.1, 0.15) is 34.5 Å². The SMILES string of the molecule is COC(=O)c1ccc(S(=O)(=O)N[C@@H](C)c2cccc(C(F)(F)F)c2)cc1. The number of methoxy groups -OCH3 is 1. The van der Waals surface area contributed by atoms with Crippen LogP contribution in [0.15, 0.2) is 53.4 Å². The molecule has 2 aromatic carbocycles. The Morgan fingerprint density at radius 2 is 1.73 bits per heavy atom. The number of nitrogens with one attached hydrogen (secondary N) is 1. The molecule has 0 aromatic heterocycles. The number of benzene rings is 2. The number of rotatable bonds is 5. The lowest BCUT2D eigenvalue weighted by Crippen LogP contribution is -2.27. The molecular weight excluding hydrogens is 371 g/mol. The molecular formula is C17H16F3NO4S. The standard InChI is InChI=1S/C17H16F3NO4S/c1-11(13-4-3-5-14(10-13)17(18,19)20)21-26(23,24)15-8-6-12(7-9-15)16(22)25-2/h3-11,21H,1-2H3/t11-/m0/s1. The minimum absolute atomic E-state index is 0.121. The van der Waals surface area contributed by atoms with E-state index in [1.807, 2.05) is 0 Å². The number of esters is 1. The fraction of sp³-hybridized carbons (Fsp3) is 0.235. The van der Waals surface area contributed by atoms with Crippen LogP contribution in [0.2, 0.25) is 0 Å². The van der Waals surface area contributed by atoms with Crippen LogP contribution in [0.25, 0.3) is 0 Å². The monoisotopic (exact) mass is 387 g/mol. The number of alkyl halides is 3. The molecule has 0 aliphatic heterocycles. The van der Waals surface area contributed by atoms with E-state index in [0.717, 1.165) is 12.1 Å². The molecule has 1 atom stereocenters. The topological polar surface area (TPSA) is 72.5 Å². The molecule has 2 aromatic rings. The first-order chi connectivity index (χ1) is 12.0. The van der Waals surface area contributed by atoms with Crippen molar-refractivity contribution in [3.8, 4) is 0 Å². The first-order valence-corrected chi connectivity index (χ1v) is 8.91. The predicted molar refractivity (Wildman–Crippen MR) is 88.0 cm³/mol. The number of ether oxygens (including phenoxy) is 1. The fourth-order valence-corrected chi connectivity index (χ4v) is 3.47. The van der Waals surface area contributed by atoms with Crippen molar-refractivity contribution < 1.29 is 31.1 Å². The van der Waals surface area contributed by atoms with Crippen molar-refractivity contribution in [2.24, 2.45) is 0 Å². The zero-order valence-electron chi connectivity index (χ0n) is 13.9. The van der Waals surface area contributed by atoms with E-state index in [1.165, 1.54) is 50.4 Å². The highest BCUT2D eigenvalue weighted by atomic mass is 32.2. The summed E-state index contributed by atoms with van der Waals surface area (Å²) >= 11 is 0. The Hall–Kier alpha value is -2.39. The van der Waals surface area contributed by atoms with Gasteiger partial charge in [-0.2, -0.15) is 13.2 Å². The van der Waals surface area contributed by atoms with Crippen molar-refractivity contribution in [2.75, 3.05) is 7.11 Å². The smallest absolute Gasteiger partial charge is 0.416 e. The van der Waals surface area contributed by atoms with E-state index < -0.39 is 33.8 Å². The molecule has 0 fully saturated rings. The van der Waals surface area contributed by atoms with Crippen molar-refractivity contribution in [3.63, 3.8) is 0 Å². The molecule has 1 N–H and O–H groups in total. The van der Waals surface area contributed by atoms with E-state index in [2.05, 4.69) is 9.46 Å². The maximum Gasteiger partial charge on any atom is 0.416 e. The largest absolute Gasteiger partial charge is 0.465 e. The molecule has 0 heterocycles. The molecule has 0 amide bonds. The summed E-state index contributed by atoms with van der Waals surface area (Å²) in [7, 11) is -2.79. The van der Waals surface area contributed by atoms with Crippen LogP contribution in [0.3, 0.4) is 0 Å². The Morgan fingerprint density at radius 3 is 2.27 bits per heavy atom. The van der Waals surface area contributed by atoms with Gasteiger partial charge in [0.2, 0.25) is 10.0 Å². The fourth-order valence-electron chi connectivity index (χ4n) is 2.24. The highest BCUT2D eigenvalue weighted by molar-refractivity contribution is 7.89. The van der Waals surface area contributed by atoms with Gasteiger partial charge in [-0.3, -0.25) is 0 Å². The Bertz CT molecular complexity index is 893. The summed E-state index contributed by atoms with van der Waals surface area (Å²) < 4.78 is 70.0. The van der Waals surface area contributed by atoms with Crippen molar-refractivity contribution in [3.05, 3.63) is 65.2 Å². The van der Waals surface area contributed by atoms with Gasteiger partial charge in [0, 0.05) is 6.04 Å². The zero-order chi connectivity index (χ0) is 19.5. The highest BCUT2D eigenvalue weighted by Crippen LogP contribution is 2.31. The van der Waals surface area contributed by atoms with E-state index in [0.29, 0.717) is 0 Å². The summed E-state index contributed by atoms with van der Waals surface area (Å²) in [6, 6.07) is 8.55. The quantitative estimate of drug-likeness (QED) is 0.797. The molecule has 0 aliphatic rings. The number of carbonyl (C=O) groups is 1. The lowest BCUT2D eigenvalue weighted by atomic mass is 10.1. The van der Waals surface area contributed by atoms with Crippen LogP contribution >= 0.6 is 0 Å². The van der Waals surface area contributed by atoms with E-state index >= 15 is 0 Å². The third kappa shape index (κ3) is 4.61. The minimum Gasteiger partial charge on any atom is -0.465 e. The van der Waals surface area contributed by atoms with Gasteiger partial charge in [0.15, 0.2) is 0 Å². The van der Waals surface area contributed by atoms with Gasteiger partial charge >= 0.3 is 12.1 Å². The van der Waals surface area contributed by atoms with Gasteiger partial charge in [0.25, 0.3) is 0 Å². The molecule has 0 unspecified atom stereocenters. The van der Waals surface area contributed by atoms with Crippen LogP contribution in [-0.2, 0) is 20.9 Å². The Labute approximate surface area is 148 Å². The normalized spacial score (nSPS) is 13.3. The summed E-state index contributed by atoms with van der Waals surface area (Å²) in [5, 5.41) is 0. The first-order valence-electron chi connectivity index (χ1n) is 7.42. The summed E-state index contributed by atoms with van der Waals surface area (Å²) in [4.78, 5) is 11.2. The van der Waals surface area contributed by atoms with Gasteiger partial charge in [0.1, 0.15) is 0 Å². The van der Waals surface area contributed by atoms with Crippen molar-refractivity contribution >= 4 is 16.0 Å². The number of hydrogen-bond acceptors (Lipinski definition) is 4. The molecule has 0 saturated carbocycles. The average Bonchev–Trinajstić information content (AvgIpc) is 2.60. The van der Waals surface area contributed by atoms with E-state index in [4.69, 9.17) is 0 Å². The summed E-state index contributed by atoms with van der Waals surface area (Å²) in [6.07, 6.45) is -4.52. The predicted octanol–water partition coefficient (Wildman–Crippen LogP) is 3.53. The molecule has 9 heteroatoms. The number of carbonyl (C=O) groups excluding carboxylic acids is 1. The second-order valence-electron chi connectivity index (χ2n) is 5.48. The zero-order valence-corrected chi connectivity index (χ0v) is 14.7. The van der Waals surface area contributed by atoms with Crippen LogP contribution in [0.5, 0.6) is 0 Å². The Balaban J connectivity index is 2.22. The maximum absolute atomic E-state index is 12.8. The highest BCUT2D eigenvalue weighted by Gasteiger charge is 2.31. The molecule has 5 nitrogen and oxygen atoms in total. The van der Waals surface area contributed by atoms with Crippen LogP contribution in [0.4, 0.5) is 13.2 Å². The van der Waals surface area contributed by atoms with E-state index in [1.54, 1.807) is 0 Å². The third-order valence-corrected chi connectivity index (χ3v) is 5.19. The van der Waals surface area contributed by atoms with Gasteiger partial charge < -0.3 is 4.74 Å². The minimum atomic E-state index is -4.52. The van der Waals surface area contributed by atoms with Crippen molar-refractivity contribution in [2.45, 2.75) is 24.0 Å². The summed E-state index contributed by atoms with van der Waals surface area (Å²) in [6.45, 7) is 1.44. The molecule has 0 aliphatic carbocycles. The summed E-state index contributed by atoms with van der Waals surface area (Å²) in [5.74, 6) is -0.612. The van der Waals surface area contributed by atoms with Gasteiger partial charge in [-0.25, -0.2) is 17.9 Å². The molecule has 140 valence electrons. The second kappa shape index (κ2) is 7.46. The molecule has 0 spiro atoms.